The lowest BCUT2D eigenvalue weighted by Crippen LogP contribution is -2.09. The molecule has 3 nitrogen and oxygen atoms in total. The van der Waals surface area contributed by atoms with Gasteiger partial charge in [-0.25, -0.2) is 4.79 Å². The maximum Gasteiger partial charge on any atom is 0.340 e. The van der Waals surface area contributed by atoms with Crippen LogP contribution in [0.5, 0.6) is 0 Å². The van der Waals surface area contributed by atoms with Gasteiger partial charge in [-0.1, -0.05) is 30.3 Å². The molecule has 2 rings (SSSR count). The van der Waals surface area contributed by atoms with Gasteiger partial charge in [0.05, 0.1) is 5.56 Å². The molecule has 2 aromatic rings. The van der Waals surface area contributed by atoms with Crippen LogP contribution in [0.15, 0.2) is 42.5 Å². The number of ether oxygens (including phenoxy) is 1. The van der Waals surface area contributed by atoms with Crippen LogP contribution in [0.1, 0.15) is 27.0 Å². The highest BCUT2D eigenvalue weighted by atomic mass is 16.5. The summed E-state index contributed by atoms with van der Waals surface area (Å²) in [5, 5.41) is 0. The molecule has 0 aliphatic heterocycles. The molecule has 0 fully saturated rings. The second-order valence-electron chi connectivity index (χ2n) is 4.59. The summed E-state index contributed by atoms with van der Waals surface area (Å²) >= 11 is 0. The van der Waals surface area contributed by atoms with Crippen LogP contribution in [-0.2, 0) is 11.3 Å². The zero-order chi connectivity index (χ0) is 13.8. The van der Waals surface area contributed by atoms with E-state index in [1.165, 1.54) is 0 Å². The van der Waals surface area contributed by atoms with Crippen LogP contribution < -0.4 is 5.73 Å². The van der Waals surface area contributed by atoms with Crippen molar-refractivity contribution in [2.75, 3.05) is 5.73 Å². The average molecular weight is 255 g/mol. The molecule has 2 aromatic carbocycles. The van der Waals surface area contributed by atoms with Crippen LogP contribution >= 0.6 is 0 Å². The number of rotatable bonds is 3. The standard InChI is InChI=1S/C16H17NO2/c1-11-8-14(15(17)9-12(11)2)16(18)19-10-13-6-4-3-5-7-13/h3-9H,10,17H2,1-2H3. The Hall–Kier alpha value is -2.29. The number of carbonyl (C=O) groups excluding carboxylic acids is 1. The fraction of sp³-hybridized carbons (Fsp3) is 0.188. The number of carbonyl (C=O) groups is 1. The minimum atomic E-state index is -0.385. The Morgan fingerprint density at radius 1 is 1.11 bits per heavy atom. The van der Waals surface area contributed by atoms with E-state index < -0.39 is 0 Å². The molecule has 0 heterocycles. The molecule has 0 aliphatic carbocycles. The van der Waals surface area contributed by atoms with E-state index in [-0.39, 0.29) is 12.6 Å². The largest absolute Gasteiger partial charge is 0.457 e. The molecule has 0 aliphatic rings. The Balaban J connectivity index is 2.10. The SMILES string of the molecule is Cc1cc(N)c(C(=O)OCc2ccccc2)cc1C. The molecule has 3 heteroatoms. The van der Waals surface area contributed by atoms with Crippen LogP contribution in [0, 0.1) is 13.8 Å². The lowest BCUT2D eigenvalue weighted by molar-refractivity contribution is 0.0474. The van der Waals surface area contributed by atoms with Gasteiger partial charge >= 0.3 is 5.97 Å². The zero-order valence-corrected chi connectivity index (χ0v) is 11.1. The van der Waals surface area contributed by atoms with Gasteiger partial charge in [-0.2, -0.15) is 0 Å². The average Bonchev–Trinajstić information content (AvgIpc) is 2.41. The van der Waals surface area contributed by atoms with Crippen LogP contribution in [0.25, 0.3) is 0 Å². The van der Waals surface area contributed by atoms with E-state index in [1.54, 1.807) is 12.1 Å². The zero-order valence-electron chi connectivity index (χ0n) is 11.1. The summed E-state index contributed by atoms with van der Waals surface area (Å²) < 4.78 is 5.27. The number of esters is 1. The van der Waals surface area contributed by atoms with Crippen molar-refractivity contribution in [1.29, 1.82) is 0 Å². The number of anilines is 1. The van der Waals surface area contributed by atoms with Crippen molar-refractivity contribution in [2.45, 2.75) is 20.5 Å². The number of nitrogen functional groups attached to an aromatic ring is 1. The van der Waals surface area contributed by atoms with Crippen molar-refractivity contribution in [3.8, 4) is 0 Å². The third kappa shape index (κ3) is 3.13. The quantitative estimate of drug-likeness (QED) is 0.676. The van der Waals surface area contributed by atoms with Gasteiger partial charge in [0.1, 0.15) is 6.61 Å². The molecule has 98 valence electrons. The molecule has 0 saturated carbocycles. The van der Waals surface area contributed by atoms with Crippen LogP contribution in [0.3, 0.4) is 0 Å². The summed E-state index contributed by atoms with van der Waals surface area (Å²) in [4.78, 5) is 12.0. The van der Waals surface area contributed by atoms with E-state index in [4.69, 9.17) is 10.5 Å². The third-order valence-corrected chi connectivity index (χ3v) is 3.10. The number of aryl methyl sites for hydroxylation is 2. The van der Waals surface area contributed by atoms with Gasteiger partial charge in [0.25, 0.3) is 0 Å². The molecule has 0 radical (unpaired) electrons. The van der Waals surface area contributed by atoms with Gasteiger partial charge in [-0.3, -0.25) is 0 Å². The van der Waals surface area contributed by atoms with E-state index in [2.05, 4.69) is 0 Å². The second-order valence-corrected chi connectivity index (χ2v) is 4.59. The summed E-state index contributed by atoms with van der Waals surface area (Å²) in [5.74, 6) is -0.385. The monoisotopic (exact) mass is 255 g/mol. The van der Waals surface area contributed by atoms with Crippen molar-refractivity contribution in [3.05, 3.63) is 64.7 Å². The number of benzene rings is 2. The molecule has 0 atom stereocenters. The Morgan fingerprint density at radius 2 is 1.74 bits per heavy atom. The highest BCUT2D eigenvalue weighted by molar-refractivity contribution is 5.95. The topological polar surface area (TPSA) is 52.3 Å². The number of nitrogens with two attached hydrogens (primary N) is 1. The van der Waals surface area contributed by atoms with E-state index in [0.717, 1.165) is 16.7 Å². The molecule has 0 saturated heterocycles. The molecule has 0 aromatic heterocycles. The molecular weight excluding hydrogens is 238 g/mol. The van der Waals surface area contributed by atoms with Gasteiger partial charge in [-0.05, 0) is 42.7 Å². The fourth-order valence-electron chi connectivity index (χ4n) is 1.82. The summed E-state index contributed by atoms with van der Waals surface area (Å²) in [6, 6.07) is 13.1. The van der Waals surface area contributed by atoms with Crippen molar-refractivity contribution in [1.82, 2.24) is 0 Å². The number of hydrogen-bond acceptors (Lipinski definition) is 3. The predicted octanol–water partition coefficient (Wildman–Crippen LogP) is 3.24. The smallest absolute Gasteiger partial charge is 0.340 e. The Labute approximate surface area is 113 Å². The molecule has 0 spiro atoms. The molecule has 0 unspecified atom stereocenters. The normalized spacial score (nSPS) is 10.2. The first-order valence-electron chi connectivity index (χ1n) is 6.15. The van der Waals surface area contributed by atoms with Crippen molar-refractivity contribution >= 4 is 11.7 Å². The van der Waals surface area contributed by atoms with E-state index >= 15 is 0 Å². The van der Waals surface area contributed by atoms with E-state index in [9.17, 15) is 4.79 Å². The highest BCUT2D eigenvalue weighted by Gasteiger charge is 2.12. The first-order valence-corrected chi connectivity index (χ1v) is 6.15. The van der Waals surface area contributed by atoms with Gasteiger partial charge in [0.15, 0.2) is 0 Å². The van der Waals surface area contributed by atoms with Gasteiger partial charge in [0.2, 0.25) is 0 Å². The number of hydrogen-bond donors (Lipinski definition) is 1. The molecular formula is C16H17NO2. The van der Waals surface area contributed by atoms with Crippen LogP contribution in [0.4, 0.5) is 5.69 Å². The lowest BCUT2D eigenvalue weighted by Gasteiger charge is -2.09. The van der Waals surface area contributed by atoms with Gasteiger partial charge < -0.3 is 10.5 Å². The minimum Gasteiger partial charge on any atom is -0.457 e. The van der Waals surface area contributed by atoms with Gasteiger partial charge in [-0.15, -0.1) is 0 Å². The Kier molecular flexibility index (Phi) is 3.85. The summed E-state index contributed by atoms with van der Waals surface area (Å²) in [6.07, 6.45) is 0. The van der Waals surface area contributed by atoms with Crippen molar-refractivity contribution in [3.63, 3.8) is 0 Å². The molecule has 19 heavy (non-hydrogen) atoms. The van der Waals surface area contributed by atoms with E-state index in [0.29, 0.717) is 11.3 Å². The van der Waals surface area contributed by atoms with Crippen molar-refractivity contribution < 1.29 is 9.53 Å². The maximum atomic E-state index is 12.0. The van der Waals surface area contributed by atoms with Crippen LogP contribution in [0.2, 0.25) is 0 Å². The van der Waals surface area contributed by atoms with Gasteiger partial charge in [0, 0.05) is 5.69 Å². The van der Waals surface area contributed by atoms with Crippen LogP contribution in [-0.4, -0.2) is 5.97 Å². The minimum absolute atomic E-state index is 0.256. The fourth-order valence-corrected chi connectivity index (χ4v) is 1.82. The first-order chi connectivity index (χ1) is 9.08. The van der Waals surface area contributed by atoms with E-state index in [1.807, 2.05) is 44.2 Å². The molecule has 2 N–H and O–H groups in total. The summed E-state index contributed by atoms with van der Waals surface area (Å²) in [7, 11) is 0. The summed E-state index contributed by atoms with van der Waals surface area (Å²) in [6.45, 7) is 4.17. The summed E-state index contributed by atoms with van der Waals surface area (Å²) in [5.41, 5.74) is 9.80. The first kappa shape index (κ1) is 13.1. The Bertz CT molecular complexity index is 591. The molecule has 0 bridgehead atoms. The predicted molar refractivity (Wildman–Crippen MR) is 75.9 cm³/mol. The Morgan fingerprint density at radius 3 is 2.42 bits per heavy atom. The second kappa shape index (κ2) is 5.57. The van der Waals surface area contributed by atoms with Crippen molar-refractivity contribution in [2.24, 2.45) is 0 Å². The lowest BCUT2D eigenvalue weighted by atomic mass is 10.0. The highest BCUT2D eigenvalue weighted by Crippen LogP contribution is 2.19. The maximum absolute atomic E-state index is 12.0. The third-order valence-electron chi connectivity index (χ3n) is 3.10. The molecule has 0 amide bonds.